The quantitative estimate of drug-likeness (QED) is 0.489. The van der Waals surface area contributed by atoms with Crippen molar-refractivity contribution in [3.63, 3.8) is 0 Å². The summed E-state index contributed by atoms with van der Waals surface area (Å²) in [6.45, 7) is 15.9. The summed E-state index contributed by atoms with van der Waals surface area (Å²) in [7, 11) is 0. The van der Waals surface area contributed by atoms with Crippen LogP contribution in [0.1, 0.15) is 65.5 Å². The molecule has 4 heterocycles. The Morgan fingerprint density at radius 2 is 1.88 bits per heavy atom. The number of nitrogens with zero attached hydrogens (tertiary/aromatic N) is 4. The monoisotopic (exact) mass is 466 g/mol. The first-order valence-electron chi connectivity index (χ1n) is 12.7. The third-order valence-electron chi connectivity index (χ3n) is 6.14. The van der Waals surface area contributed by atoms with E-state index in [9.17, 15) is 0 Å². The minimum absolute atomic E-state index is 0.422. The zero-order chi connectivity index (χ0) is 24.9. The number of aromatic nitrogens is 4. The average Bonchev–Trinajstić information content (AvgIpc) is 3.62. The lowest BCUT2D eigenvalue weighted by molar-refractivity contribution is -0.0979. The van der Waals surface area contributed by atoms with E-state index in [-0.39, 0.29) is 0 Å². The predicted octanol–water partition coefficient (Wildman–Crippen LogP) is 5.87. The Balaban J connectivity index is 0.000000390. The molecule has 0 amide bonds. The van der Waals surface area contributed by atoms with Gasteiger partial charge in [-0.15, -0.1) is 0 Å². The number of likely N-dealkylation sites (N-methyl/N-ethyl adjacent to an activating group) is 1. The molecule has 0 aromatic carbocycles. The Labute approximate surface area is 204 Å². The maximum atomic E-state index is 8.00. The van der Waals surface area contributed by atoms with Crippen LogP contribution in [0.25, 0.3) is 22.4 Å². The third kappa shape index (κ3) is 7.90. The van der Waals surface area contributed by atoms with Gasteiger partial charge in [0.05, 0.1) is 11.9 Å². The number of carbonyl (C=O) groups excluding carboxylic acids is 1. The molecule has 0 spiro atoms. The first-order chi connectivity index (χ1) is 16.7. The van der Waals surface area contributed by atoms with Crippen molar-refractivity contribution >= 4 is 23.8 Å². The van der Waals surface area contributed by atoms with E-state index < -0.39 is 0 Å². The minimum Gasteiger partial charge on any atom is -0.365 e. The maximum Gasteiger partial charge on any atom is 0.156 e. The summed E-state index contributed by atoms with van der Waals surface area (Å²) in [5, 5.41) is 3.67. The molecule has 1 aliphatic carbocycles. The van der Waals surface area contributed by atoms with Crippen LogP contribution in [0.15, 0.2) is 30.6 Å². The molecule has 0 bridgehead atoms. The lowest BCUT2D eigenvalue weighted by Gasteiger charge is -2.33. The van der Waals surface area contributed by atoms with Crippen molar-refractivity contribution in [1.29, 1.82) is 0 Å². The predicted molar refractivity (Wildman–Crippen MR) is 142 cm³/mol. The van der Waals surface area contributed by atoms with Gasteiger partial charge in [0.2, 0.25) is 0 Å². The van der Waals surface area contributed by atoms with Gasteiger partial charge in [0.15, 0.2) is 5.65 Å². The van der Waals surface area contributed by atoms with E-state index in [1.807, 2.05) is 52.1 Å². The molecule has 1 atom stereocenters. The van der Waals surface area contributed by atoms with E-state index in [4.69, 9.17) is 14.8 Å². The standard InChI is InChI=1S/C19H24N6.C5H10.C2H6.CH2O/c1-3-25-10-4-5-14(12-25)23-18-15(7-6-13(2)22-18)17-11-21-19-16(24-17)8-9-20-19;1-2-5-3-4-5;2*1-2/h6-9,11,14H,3-5,10,12H2,1-2H3,(H,20,21)(H,22,23);5H,2-4H2,1H3;1-2H3;1H2. The lowest BCUT2D eigenvalue weighted by Crippen LogP contribution is -2.42. The fourth-order valence-electron chi connectivity index (χ4n) is 4.01. The topological polar surface area (TPSA) is 86.8 Å². The molecule has 1 saturated heterocycles. The molecular weight excluding hydrogens is 424 g/mol. The minimum atomic E-state index is 0.422. The van der Waals surface area contributed by atoms with Gasteiger partial charge in [-0.25, -0.2) is 15.0 Å². The number of rotatable bonds is 5. The number of anilines is 1. The van der Waals surface area contributed by atoms with Crippen molar-refractivity contribution in [2.24, 2.45) is 5.92 Å². The molecule has 2 aliphatic rings. The Morgan fingerprint density at radius 3 is 2.53 bits per heavy atom. The Morgan fingerprint density at radius 1 is 1.12 bits per heavy atom. The number of hydrogen-bond acceptors (Lipinski definition) is 6. The van der Waals surface area contributed by atoms with Crippen molar-refractivity contribution in [1.82, 2.24) is 24.8 Å². The van der Waals surface area contributed by atoms with Crippen LogP contribution in [0.2, 0.25) is 0 Å². The van der Waals surface area contributed by atoms with Gasteiger partial charge in [0.1, 0.15) is 18.1 Å². The van der Waals surface area contributed by atoms with Gasteiger partial charge in [-0.1, -0.05) is 47.0 Å². The molecule has 3 aromatic rings. The zero-order valence-corrected chi connectivity index (χ0v) is 21.6. The summed E-state index contributed by atoms with van der Waals surface area (Å²) in [5.41, 5.74) is 4.55. The number of piperidine rings is 1. The largest absolute Gasteiger partial charge is 0.365 e. The van der Waals surface area contributed by atoms with Crippen molar-refractivity contribution in [3.8, 4) is 11.3 Å². The molecule has 2 fully saturated rings. The normalized spacial score (nSPS) is 17.4. The van der Waals surface area contributed by atoms with Gasteiger partial charge in [-0.2, -0.15) is 0 Å². The smallest absolute Gasteiger partial charge is 0.156 e. The van der Waals surface area contributed by atoms with E-state index in [1.165, 1.54) is 38.6 Å². The second-order valence-corrected chi connectivity index (χ2v) is 8.54. The fourth-order valence-corrected chi connectivity index (χ4v) is 4.01. The molecule has 2 N–H and O–H groups in total. The van der Waals surface area contributed by atoms with Crippen LogP contribution in [-0.4, -0.2) is 57.3 Å². The molecule has 186 valence electrons. The van der Waals surface area contributed by atoms with E-state index in [2.05, 4.69) is 40.1 Å². The maximum absolute atomic E-state index is 8.00. The van der Waals surface area contributed by atoms with Crippen molar-refractivity contribution in [2.75, 3.05) is 25.0 Å². The van der Waals surface area contributed by atoms with Crippen molar-refractivity contribution in [2.45, 2.75) is 72.8 Å². The van der Waals surface area contributed by atoms with E-state index in [0.29, 0.717) is 6.04 Å². The molecule has 1 saturated carbocycles. The van der Waals surface area contributed by atoms with Crippen LogP contribution in [0.4, 0.5) is 5.82 Å². The Hall–Kier alpha value is -2.80. The van der Waals surface area contributed by atoms with Crippen LogP contribution >= 0.6 is 0 Å². The van der Waals surface area contributed by atoms with Gasteiger partial charge < -0.3 is 20.0 Å². The molecular formula is C27H42N6O. The molecule has 5 rings (SSSR count). The van der Waals surface area contributed by atoms with Gasteiger partial charge in [-0.05, 0) is 57.0 Å². The highest BCUT2D eigenvalue weighted by Crippen LogP contribution is 2.31. The first kappa shape index (κ1) is 27.4. The number of H-pyrrole nitrogens is 1. The van der Waals surface area contributed by atoms with Gasteiger partial charge >= 0.3 is 0 Å². The lowest BCUT2D eigenvalue weighted by atomic mass is 10.0. The van der Waals surface area contributed by atoms with E-state index >= 15 is 0 Å². The number of hydrogen-bond donors (Lipinski definition) is 2. The molecule has 1 aliphatic heterocycles. The fraction of sp³-hybridized carbons (Fsp3) is 0.556. The summed E-state index contributed by atoms with van der Waals surface area (Å²) in [5.74, 6) is 2.04. The molecule has 0 radical (unpaired) electrons. The number of nitrogens with one attached hydrogen (secondary N) is 2. The average molecular weight is 467 g/mol. The number of aryl methyl sites for hydroxylation is 1. The van der Waals surface area contributed by atoms with E-state index in [0.717, 1.165) is 52.9 Å². The summed E-state index contributed by atoms with van der Waals surface area (Å²) in [6, 6.07) is 6.49. The first-order valence-corrected chi connectivity index (χ1v) is 12.7. The van der Waals surface area contributed by atoms with Crippen molar-refractivity contribution < 1.29 is 4.79 Å². The second-order valence-electron chi connectivity index (χ2n) is 8.54. The van der Waals surface area contributed by atoms with Crippen LogP contribution in [0, 0.1) is 12.8 Å². The van der Waals surface area contributed by atoms with Gasteiger partial charge in [-0.3, -0.25) is 0 Å². The number of pyridine rings is 1. The van der Waals surface area contributed by atoms with Crippen LogP contribution < -0.4 is 5.32 Å². The summed E-state index contributed by atoms with van der Waals surface area (Å²) in [6.07, 6.45) is 10.5. The van der Waals surface area contributed by atoms with Crippen LogP contribution in [-0.2, 0) is 4.79 Å². The summed E-state index contributed by atoms with van der Waals surface area (Å²) < 4.78 is 0. The van der Waals surface area contributed by atoms with Gasteiger partial charge in [0.25, 0.3) is 0 Å². The van der Waals surface area contributed by atoms with Crippen LogP contribution in [0.3, 0.4) is 0 Å². The molecule has 34 heavy (non-hydrogen) atoms. The van der Waals surface area contributed by atoms with Crippen LogP contribution in [0.5, 0.6) is 0 Å². The number of aromatic amines is 1. The Kier molecular flexibility index (Phi) is 11.7. The second kappa shape index (κ2) is 14.5. The SMILES string of the molecule is C=O.CC.CCC1CC1.CCN1CCCC(Nc2nc(C)ccc2-c2cnc3[nH]ccc3n2)C1. The Bertz CT molecular complexity index is 984. The third-order valence-corrected chi connectivity index (χ3v) is 6.14. The molecule has 3 aromatic heterocycles. The molecule has 1 unspecified atom stereocenters. The summed E-state index contributed by atoms with van der Waals surface area (Å²) in [4.78, 5) is 27.5. The number of likely N-dealkylation sites (tertiary alicyclic amines) is 1. The number of fused-ring (bicyclic) bond motifs is 1. The molecule has 7 heteroatoms. The zero-order valence-electron chi connectivity index (χ0n) is 21.6. The van der Waals surface area contributed by atoms with Crippen molar-refractivity contribution in [3.05, 3.63) is 36.3 Å². The number of carbonyl (C=O) groups is 1. The molecule has 7 nitrogen and oxygen atoms in total. The van der Waals surface area contributed by atoms with Gasteiger partial charge in [0, 0.05) is 30.0 Å². The highest BCUT2D eigenvalue weighted by atomic mass is 16.1. The highest BCUT2D eigenvalue weighted by Gasteiger charge is 2.21. The van der Waals surface area contributed by atoms with E-state index in [1.54, 1.807) is 0 Å². The highest BCUT2D eigenvalue weighted by molar-refractivity contribution is 5.78. The summed E-state index contributed by atoms with van der Waals surface area (Å²) >= 11 is 0.